The molecule has 124 valence electrons. The van der Waals surface area contributed by atoms with Gasteiger partial charge in [-0.05, 0) is 24.3 Å². The summed E-state index contributed by atoms with van der Waals surface area (Å²) in [7, 11) is 0. The van der Waals surface area contributed by atoms with Gasteiger partial charge in [0.2, 0.25) is 0 Å². The molecule has 0 amide bonds. The molecule has 3 aromatic rings. The van der Waals surface area contributed by atoms with Crippen LogP contribution in [0.15, 0.2) is 73.3 Å². The molecule has 25 heavy (non-hydrogen) atoms. The third kappa shape index (κ3) is 3.66. The van der Waals surface area contributed by atoms with Crippen LogP contribution >= 0.6 is 0 Å². The zero-order valence-electron chi connectivity index (χ0n) is 13.0. The SMILES string of the molecule is O=C(OC(c1cccnc1)c1ccccc1[N+](=O)[O-])c1ccncc1. The van der Waals surface area contributed by atoms with E-state index in [1.54, 1.807) is 36.5 Å². The van der Waals surface area contributed by atoms with Gasteiger partial charge in [-0.25, -0.2) is 4.79 Å². The lowest BCUT2D eigenvalue weighted by atomic mass is 10.0. The lowest BCUT2D eigenvalue weighted by Gasteiger charge is -2.18. The number of hydrogen-bond acceptors (Lipinski definition) is 6. The Labute approximate surface area is 143 Å². The molecule has 0 aliphatic rings. The van der Waals surface area contributed by atoms with Crippen molar-refractivity contribution >= 4 is 11.7 Å². The van der Waals surface area contributed by atoms with Gasteiger partial charge in [0.25, 0.3) is 5.69 Å². The molecule has 1 unspecified atom stereocenters. The standard InChI is InChI=1S/C18H13N3O4/c22-18(13-7-10-19-11-8-13)25-17(14-4-3-9-20-12-14)15-5-1-2-6-16(15)21(23)24/h1-12,17H. The van der Waals surface area contributed by atoms with E-state index in [4.69, 9.17) is 4.74 Å². The zero-order valence-corrected chi connectivity index (χ0v) is 13.0. The highest BCUT2D eigenvalue weighted by Gasteiger charge is 2.27. The van der Waals surface area contributed by atoms with Crippen LogP contribution in [0.2, 0.25) is 0 Å². The van der Waals surface area contributed by atoms with Crippen LogP contribution in [0.25, 0.3) is 0 Å². The molecule has 0 saturated carbocycles. The van der Waals surface area contributed by atoms with Crippen molar-refractivity contribution in [3.8, 4) is 0 Å². The number of hydrogen-bond donors (Lipinski definition) is 0. The van der Waals surface area contributed by atoms with Crippen LogP contribution in [0.4, 0.5) is 5.69 Å². The summed E-state index contributed by atoms with van der Waals surface area (Å²) in [5.74, 6) is -0.602. The molecule has 2 heterocycles. The highest BCUT2D eigenvalue weighted by Crippen LogP contribution is 2.33. The van der Waals surface area contributed by atoms with Gasteiger partial charge in [-0.15, -0.1) is 0 Å². The van der Waals surface area contributed by atoms with Crippen LogP contribution < -0.4 is 0 Å². The molecule has 0 N–H and O–H groups in total. The van der Waals surface area contributed by atoms with Gasteiger partial charge in [0.1, 0.15) is 0 Å². The van der Waals surface area contributed by atoms with E-state index >= 15 is 0 Å². The number of nitrogens with zero attached hydrogens (tertiary/aromatic N) is 3. The Morgan fingerprint density at radius 1 is 1.00 bits per heavy atom. The third-order valence-corrected chi connectivity index (χ3v) is 3.54. The highest BCUT2D eigenvalue weighted by atomic mass is 16.6. The maximum atomic E-state index is 12.4. The molecule has 2 aromatic heterocycles. The number of ether oxygens (including phenoxy) is 1. The number of esters is 1. The number of nitro benzene ring substituents is 1. The summed E-state index contributed by atoms with van der Waals surface area (Å²) >= 11 is 0. The molecular formula is C18H13N3O4. The molecule has 0 saturated heterocycles. The Balaban J connectivity index is 2.03. The second kappa shape index (κ2) is 7.31. The van der Waals surface area contributed by atoms with Crippen LogP contribution in [0, 0.1) is 10.1 Å². The monoisotopic (exact) mass is 335 g/mol. The Hall–Kier alpha value is -3.61. The van der Waals surface area contributed by atoms with Crippen LogP contribution in [-0.2, 0) is 4.74 Å². The zero-order chi connectivity index (χ0) is 17.6. The fourth-order valence-electron chi connectivity index (χ4n) is 2.38. The molecule has 1 aromatic carbocycles. The number of carbonyl (C=O) groups excluding carboxylic acids is 1. The number of benzene rings is 1. The maximum absolute atomic E-state index is 12.4. The van der Waals surface area contributed by atoms with E-state index in [0.717, 1.165) is 0 Å². The van der Waals surface area contributed by atoms with Gasteiger partial charge in [0, 0.05) is 36.4 Å². The molecule has 0 radical (unpaired) electrons. The van der Waals surface area contributed by atoms with E-state index < -0.39 is 17.0 Å². The number of rotatable bonds is 5. The van der Waals surface area contributed by atoms with E-state index in [1.165, 1.54) is 36.8 Å². The highest BCUT2D eigenvalue weighted by molar-refractivity contribution is 5.89. The van der Waals surface area contributed by atoms with E-state index in [2.05, 4.69) is 9.97 Å². The molecule has 0 spiro atoms. The summed E-state index contributed by atoms with van der Waals surface area (Å²) in [6, 6.07) is 12.6. The molecule has 0 bridgehead atoms. The van der Waals surface area contributed by atoms with Crippen LogP contribution in [0.5, 0.6) is 0 Å². The second-order valence-corrected chi connectivity index (χ2v) is 5.12. The first-order valence-electron chi connectivity index (χ1n) is 7.41. The van der Waals surface area contributed by atoms with Crippen molar-refractivity contribution in [1.82, 2.24) is 9.97 Å². The topological polar surface area (TPSA) is 95.2 Å². The van der Waals surface area contributed by atoms with Gasteiger partial charge in [0.05, 0.1) is 16.1 Å². The number of carbonyl (C=O) groups is 1. The summed E-state index contributed by atoms with van der Waals surface area (Å²) in [5.41, 5.74) is 1.00. The Bertz CT molecular complexity index is 885. The molecule has 0 fully saturated rings. The summed E-state index contributed by atoms with van der Waals surface area (Å²) in [6.45, 7) is 0. The van der Waals surface area contributed by atoms with Crippen LogP contribution in [0.3, 0.4) is 0 Å². The molecule has 0 aliphatic heterocycles. The first-order valence-corrected chi connectivity index (χ1v) is 7.41. The van der Waals surface area contributed by atoms with E-state index in [-0.39, 0.29) is 11.3 Å². The molecule has 0 aliphatic carbocycles. The van der Waals surface area contributed by atoms with Gasteiger partial charge >= 0.3 is 5.97 Å². The van der Waals surface area contributed by atoms with Crippen molar-refractivity contribution in [2.24, 2.45) is 0 Å². The molecular weight excluding hydrogens is 322 g/mol. The summed E-state index contributed by atoms with van der Waals surface area (Å²) in [5, 5.41) is 11.4. The number of para-hydroxylation sites is 1. The van der Waals surface area contributed by atoms with Gasteiger partial charge in [-0.2, -0.15) is 0 Å². The van der Waals surface area contributed by atoms with E-state index in [0.29, 0.717) is 11.1 Å². The van der Waals surface area contributed by atoms with Crippen molar-refractivity contribution in [3.05, 3.63) is 100 Å². The summed E-state index contributed by atoms with van der Waals surface area (Å²) in [6.07, 6.45) is 5.09. The van der Waals surface area contributed by atoms with Gasteiger partial charge < -0.3 is 4.74 Å². The van der Waals surface area contributed by atoms with Crippen molar-refractivity contribution in [2.45, 2.75) is 6.10 Å². The molecule has 1 atom stereocenters. The quantitative estimate of drug-likeness (QED) is 0.403. The first kappa shape index (κ1) is 16.3. The van der Waals surface area contributed by atoms with E-state index in [9.17, 15) is 14.9 Å². The molecule has 7 heteroatoms. The van der Waals surface area contributed by atoms with Crippen molar-refractivity contribution in [3.63, 3.8) is 0 Å². The van der Waals surface area contributed by atoms with Crippen molar-refractivity contribution < 1.29 is 14.5 Å². The molecule has 3 rings (SSSR count). The predicted octanol–water partition coefficient (Wildman–Crippen LogP) is 3.33. The number of pyridine rings is 2. The lowest BCUT2D eigenvalue weighted by molar-refractivity contribution is -0.386. The number of nitro groups is 1. The fraction of sp³-hybridized carbons (Fsp3) is 0.0556. The Kier molecular flexibility index (Phi) is 4.75. The van der Waals surface area contributed by atoms with Crippen LogP contribution in [-0.4, -0.2) is 20.9 Å². The third-order valence-electron chi connectivity index (χ3n) is 3.54. The van der Waals surface area contributed by atoms with Crippen molar-refractivity contribution in [2.75, 3.05) is 0 Å². The fourth-order valence-corrected chi connectivity index (χ4v) is 2.38. The molecule has 7 nitrogen and oxygen atoms in total. The Morgan fingerprint density at radius 2 is 1.76 bits per heavy atom. The smallest absolute Gasteiger partial charge is 0.339 e. The first-order chi connectivity index (χ1) is 12.2. The number of aromatic nitrogens is 2. The average Bonchev–Trinajstić information content (AvgIpc) is 2.67. The normalized spacial score (nSPS) is 11.5. The minimum absolute atomic E-state index is 0.126. The van der Waals surface area contributed by atoms with Gasteiger partial charge in [0.15, 0.2) is 6.10 Å². The van der Waals surface area contributed by atoms with Gasteiger partial charge in [-0.3, -0.25) is 20.1 Å². The van der Waals surface area contributed by atoms with Crippen LogP contribution in [0.1, 0.15) is 27.6 Å². The minimum Gasteiger partial charge on any atom is -0.449 e. The average molecular weight is 335 g/mol. The largest absolute Gasteiger partial charge is 0.449 e. The summed E-state index contributed by atoms with van der Waals surface area (Å²) in [4.78, 5) is 31.2. The summed E-state index contributed by atoms with van der Waals surface area (Å²) < 4.78 is 5.59. The van der Waals surface area contributed by atoms with Crippen molar-refractivity contribution in [1.29, 1.82) is 0 Å². The second-order valence-electron chi connectivity index (χ2n) is 5.12. The maximum Gasteiger partial charge on any atom is 0.339 e. The Morgan fingerprint density at radius 3 is 2.44 bits per heavy atom. The van der Waals surface area contributed by atoms with Gasteiger partial charge in [-0.1, -0.05) is 18.2 Å². The lowest BCUT2D eigenvalue weighted by Crippen LogP contribution is -2.14. The minimum atomic E-state index is -0.948. The van der Waals surface area contributed by atoms with E-state index in [1.807, 2.05) is 0 Å². The predicted molar refractivity (Wildman–Crippen MR) is 88.8 cm³/mol.